The number of nitrogens with zero attached hydrogens (tertiary/aromatic N) is 1. The Labute approximate surface area is 65.9 Å². The molecule has 0 amide bonds. The number of H-pyrrole nitrogens is 1. The SMILES string of the molecule is CC(C)(C)n1cc[nH]c1=S. The molecule has 0 aliphatic carbocycles. The van der Waals surface area contributed by atoms with Gasteiger partial charge in [-0.15, -0.1) is 0 Å². The lowest BCUT2D eigenvalue weighted by atomic mass is 10.1. The van der Waals surface area contributed by atoms with Gasteiger partial charge in [0.25, 0.3) is 0 Å². The van der Waals surface area contributed by atoms with Crippen molar-refractivity contribution < 1.29 is 0 Å². The number of aromatic amines is 1. The van der Waals surface area contributed by atoms with Crippen LogP contribution < -0.4 is 0 Å². The van der Waals surface area contributed by atoms with Gasteiger partial charge in [-0.1, -0.05) is 0 Å². The van der Waals surface area contributed by atoms with Gasteiger partial charge in [0.1, 0.15) is 0 Å². The van der Waals surface area contributed by atoms with Crippen LogP contribution in [0.25, 0.3) is 0 Å². The molecule has 1 aromatic rings. The van der Waals surface area contributed by atoms with Gasteiger partial charge in [-0.25, -0.2) is 0 Å². The zero-order chi connectivity index (χ0) is 7.78. The monoisotopic (exact) mass is 156 g/mol. The highest BCUT2D eigenvalue weighted by Gasteiger charge is 2.11. The van der Waals surface area contributed by atoms with Crippen molar-refractivity contribution in [2.45, 2.75) is 26.3 Å². The minimum Gasteiger partial charge on any atom is -0.337 e. The van der Waals surface area contributed by atoms with Crippen molar-refractivity contribution in [3.63, 3.8) is 0 Å². The molecule has 0 aliphatic heterocycles. The second kappa shape index (κ2) is 2.23. The molecule has 3 heteroatoms. The average molecular weight is 156 g/mol. The Bertz CT molecular complexity index is 264. The molecule has 1 aromatic heterocycles. The molecule has 2 nitrogen and oxygen atoms in total. The van der Waals surface area contributed by atoms with Crippen LogP contribution in [0.4, 0.5) is 0 Å². The highest BCUT2D eigenvalue weighted by atomic mass is 32.1. The topological polar surface area (TPSA) is 20.7 Å². The van der Waals surface area contributed by atoms with Crippen molar-refractivity contribution >= 4 is 12.2 Å². The van der Waals surface area contributed by atoms with E-state index in [1.54, 1.807) is 0 Å². The Morgan fingerprint density at radius 2 is 2.10 bits per heavy atom. The normalized spacial score (nSPS) is 11.9. The average Bonchev–Trinajstić information content (AvgIpc) is 2.11. The maximum absolute atomic E-state index is 5.04. The summed E-state index contributed by atoms with van der Waals surface area (Å²) in [6.45, 7) is 6.36. The predicted octanol–water partition coefficient (Wildman–Crippen LogP) is 2.30. The van der Waals surface area contributed by atoms with Crippen molar-refractivity contribution in [1.29, 1.82) is 0 Å². The number of imidazole rings is 1. The van der Waals surface area contributed by atoms with Gasteiger partial charge in [-0.05, 0) is 33.0 Å². The first kappa shape index (κ1) is 7.54. The molecular weight excluding hydrogens is 144 g/mol. The molecule has 1 heterocycles. The van der Waals surface area contributed by atoms with Crippen molar-refractivity contribution in [3.05, 3.63) is 17.2 Å². The number of hydrogen-bond acceptors (Lipinski definition) is 1. The van der Waals surface area contributed by atoms with E-state index < -0.39 is 0 Å². The third-order valence-corrected chi connectivity index (χ3v) is 1.69. The minimum absolute atomic E-state index is 0.0943. The van der Waals surface area contributed by atoms with Crippen LogP contribution in [0, 0.1) is 4.77 Å². The standard InChI is InChI=1S/C7H12N2S/c1-7(2,3)9-5-4-8-6(9)10/h4-5H,1-3H3,(H,8,10). The molecule has 0 aliphatic rings. The first-order valence-corrected chi connectivity index (χ1v) is 3.69. The fraction of sp³-hybridized carbons (Fsp3) is 0.571. The fourth-order valence-electron chi connectivity index (χ4n) is 0.849. The van der Waals surface area contributed by atoms with Crippen LogP contribution >= 0.6 is 12.2 Å². The Kier molecular flexibility index (Phi) is 1.68. The summed E-state index contributed by atoms with van der Waals surface area (Å²) in [5.74, 6) is 0. The van der Waals surface area contributed by atoms with Gasteiger partial charge in [-0.3, -0.25) is 0 Å². The summed E-state index contributed by atoms with van der Waals surface area (Å²) >= 11 is 5.04. The maximum Gasteiger partial charge on any atom is 0.177 e. The number of aromatic nitrogens is 2. The second-order valence-corrected chi connectivity index (χ2v) is 3.69. The Morgan fingerprint density at radius 3 is 2.30 bits per heavy atom. The summed E-state index contributed by atoms with van der Waals surface area (Å²) in [5.41, 5.74) is 0.0943. The maximum atomic E-state index is 5.04. The van der Waals surface area contributed by atoms with Crippen LogP contribution in [-0.4, -0.2) is 9.55 Å². The summed E-state index contributed by atoms with van der Waals surface area (Å²) in [7, 11) is 0. The van der Waals surface area contributed by atoms with E-state index in [9.17, 15) is 0 Å². The zero-order valence-corrected chi connectivity index (χ0v) is 7.33. The van der Waals surface area contributed by atoms with E-state index in [0.717, 1.165) is 4.77 Å². The van der Waals surface area contributed by atoms with Crippen molar-refractivity contribution in [1.82, 2.24) is 9.55 Å². The molecule has 0 saturated carbocycles. The van der Waals surface area contributed by atoms with E-state index in [1.165, 1.54) is 0 Å². The smallest absolute Gasteiger partial charge is 0.177 e. The Balaban J connectivity index is 3.18. The Hall–Kier alpha value is -0.570. The van der Waals surface area contributed by atoms with Gasteiger partial charge >= 0.3 is 0 Å². The first-order valence-electron chi connectivity index (χ1n) is 3.28. The van der Waals surface area contributed by atoms with Crippen LogP contribution in [0.5, 0.6) is 0 Å². The molecule has 0 bridgehead atoms. The largest absolute Gasteiger partial charge is 0.337 e. The molecule has 0 atom stereocenters. The number of rotatable bonds is 0. The van der Waals surface area contributed by atoms with Gasteiger partial charge < -0.3 is 9.55 Å². The molecule has 0 fully saturated rings. The first-order chi connectivity index (χ1) is 4.52. The third kappa shape index (κ3) is 1.29. The molecular formula is C7H12N2S. The van der Waals surface area contributed by atoms with Gasteiger partial charge in [-0.2, -0.15) is 0 Å². The predicted molar refractivity (Wildman–Crippen MR) is 44.6 cm³/mol. The molecule has 1 N–H and O–H groups in total. The lowest BCUT2D eigenvalue weighted by Gasteiger charge is -2.19. The number of hydrogen-bond donors (Lipinski definition) is 1. The minimum atomic E-state index is 0.0943. The van der Waals surface area contributed by atoms with E-state index in [-0.39, 0.29) is 5.54 Å². The van der Waals surface area contributed by atoms with Crippen LogP contribution in [0.2, 0.25) is 0 Å². The highest BCUT2D eigenvalue weighted by molar-refractivity contribution is 7.71. The summed E-state index contributed by atoms with van der Waals surface area (Å²) in [4.78, 5) is 2.95. The number of nitrogens with one attached hydrogen (secondary N) is 1. The van der Waals surface area contributed by atoms with Crippen molar-refractivity contribution in [2.24, 2.45) is 0 Å². The lowest BCUT2D eigenvalue weighted by molar-refractivity contribution is 0.392. The van der Waals surface area contributed by atoms with Crippen molar-refractivity contribution in [2.75, 3.05) is 0 Å². The summed E-state index contributed by atoms with van der Waals surface area (Å²) < 4.78 is 2.81. The lowest BCUT2D eigenvalue weighted by Crippen LogP contribution is -2.20. The van der Waals surface area contributed by atoms with Crippen LogP contribution in [0.1, 0.15) is 20.8 Å². The van der Waals surface area contributed by atoms with Crippen LogP contribution in [0.15, 0.2) is 12.4 Å². The molecule has 0 radical (unpaired) electrons. The third-order valence-electron chi connectivity index (χ3n) is 1.37. The molecule has 0 unspecified atom stereocenters. The molecule has 10 heavy (non-hydrogen) atoms. The molecule has 0 saturated heterocycles. The second-order valence-electron chi connectivity index (χ2n) is 3.31. The molecule has 0 spiro atoms. The molecule has 0 aromatic carbocycles. The van der Waals surface area contributed by atoms with Gasteiger partial charge in [0, 0.05) is 17.9 Å². The van der Waals surface area contributed by atoms with E-state index in [1.807, 2.05) is 17.0 Å². The van der Waals surface area contributed by atoms with E-state index in [2.05, 4.69) is 25.8 Å². The zero-order valence-electron chi connectivity index (χ0n) is 6.51. The van der Waals surface area contributed by atoms with Gasteiger partial charge in [0.2, 0.25) is 0 Å². The Morgan fingerprint density at radius 1 is 1.50 bits per heavy atom. The molecule has 56 valence electrons. The van der Waals surface area contributed by atoms with Crippen LogP contribution in [-0.2, 0) is 5.54 Å². The van der Waals surface area contributed by atoms with Crippen molar-refractivity contribution in [3.8, 4) is 0 Å². The summed E-state index contributed by atoms with van der Waals surface area (Å²) in [6.07, 6.45) is 3.82. The summed E-state index contributed by atoms with van der Waals surface area (Å²) in [6, 6.07) is 0. The van der Waals surface area contributed by atoms with E-state index in [0.29, 0.717) is 0 Å². The summed E-state index contributed by atoms with van der Waals surface area (Å²) in [5, 5.41) is 0. The van der Waals surface area contributed by atoms with E-state index in [4.69, 9.17) is 12.2 Å². The van der Waals surface area contributed by atoms with Gasteiger partial charge in [0.05, 0.1) is 0 Å². The highest BCUT2D eigenvalue weighted by Crippen LogP contribution is 2.12. The van der Waals surface area contributed by atoms with E-state index >= 15 is 0 Å². The van der Waals surface area contributed by atoms with Gasteiger partial charge in [0.15, 0.2) is 4.77 Å². The quantitative estimate of drug-likeness (QED) is 0.572. The molecule has 1 rings (SSSR count). The van der Waals surface area contributed by atoms with Crippen LogP contribution in [0.3, 0.4) is 0 Å². The fourth-order valence-corrected chi connectivity index (χ4v) is 1.25.